The Morgan fingerprint density at radius 2 is 2.00 bits per heavy atom. The van der Waals surface area contributed by atoms with Gasteiger partial charge < -0.3 is 0 Å². The van der Waals surface area contributed by atoms with Gasteiger partial charge in [0.1, 0.15) is 0 Å². The zero-order chi connectivity index (χ0) is 9.23. The summed E-state index contributed by atoms with van der Waals surface area (Å²) in [6.45, 7) is 2.59. The van der Waals surface area contributed by atoms with Crippen molar-refractivity contribution in [2.45, 2.75) is 13.3 Å². The molecule has 0 aliphatic carbocycles. The van der Waals surface area contributed by atoms with Crippen molar-refractivity contribution in [1.29, 1.82) is 0 Å². The Bertz CT molecular complexity index is 246. The number of hydrogen-bond donors (Lipinski definition) is 0. The van der Waals surface area contributed by atoms with Crippen LogP contribution in [0.4, 0.5) is 0 Å². The van der Waals surface area contributed by atoms with Crippen LogP contribution in [0.5, 0.6) is 0 Å². The van der Waals surface area contributed by atoms with Gasteiger partial charge in [-0.15, -0.1) is 0 Å². The molecule has 0 radical (unpaired) electrons. The van der Waals surface area contributed by atoms with Crippen LogP contribution in [-0.2, 0) is 9.59 Å². The first kappa shape index (κ1) is 10.5. The average molecular weight is 166 g/mol. The smallest absolute Gasteiger partial charge is 0.211 e. The van der Waals surface area contributed by atoms with Crippen LogP contribution in [0.1, 0.15) is 13.3 Å². The van der Waals surface area contributed by atoms with E-state index in [9.17, 15) is 9.59 Å². The van der Waals surface area contributed by atoms with Gasteiger partial charge in [0.2, 0.25) is 12.2 Å². The molecule has 0 rings (SSSR count). The minimum atomic E-state index is 0.307. The van der Waals surface area contributed by atoms with Gasteiger partial charge in [0.05, 0.1) is 13.1 Å². The van der Waals surface area contributed by atoms with E-state index in [1.165, 1.54) is 12.2 Å². The number of hydrogen-bond acceptors (Lipinski definition) is 4. The van der Waals surface area contributed by atoms with E-state index in [-0.39, 0.29) is 0 Å². The standard InChI is InChI=1S/C8H10N2O2/c1-2-8(5-10-7-12)3-4-9-6-11/h3H,2,4-5H2,1H3. The molecule has 0 aliphatic rings. The van der Waals surface area contributed by atoms with Gasteiger partial charge in [-0.2, -0.15) is 0 Å². The normalized spacial score (nSPS) is 9.92. The molecule has 0 atom stereocenters. The van der Waals surface area contributed by atoms with Crippen molar-refractivity contribution in [1.82, 2.24) is 0 Å². The molecule has 0 fully saturated rings. The predicted octanol–water partition coefficient (Wildman–Crippen LogP) is 0.994. The monoisotopic (exact) mass is 166 g/mol. The molecule has 4 heteroatoms. The Kier molecular flexibility index (Phi) is 6.65. The van der Waals surface area contributed by atoms with E-state index < -0.39 is 0 Å². The van der Waals surface area contributed by atoms with Crippen molar-refractivity contribution in [2.75, 3.05) is 13.1 Å². The maximum Gasteiger partial charge on any atom is 0.235 e. The summed E-state index contributed by atoms with van der Waals surface area (Å²) < 4.78 is 0. The van der Waals surface area contributed by atoms with Crippen molar-refractivity contribution in [3.8, 4) is 0 Å². The van der Waals surface area contributed by atoms with Crippen LogP contribution in [0.25, 0.3) is 0 Å². The van der Waals surface area contributed by atoms with Crippen molar-refractivity contribution in [3.63, 3.8) is 0 Å². The van der Waals surface area contributed by atoms with Crippen LogP contribution in [-0.4, -0.2) is 25.2 Å². The van der Waals surface area contributed by atoms with Crippen molar-refractivity contribution >= 4 is 12.2 Å². The van der Waals surface area contributed by atoms with Gasteiger partial charge in [-0.1, -0.05) is 18.6 Å². The molecule has 0 saturated carbocycles. The lowest BCUT2D eigenvalue weighted by Crippen LogP contribution is -1.88. The Hall–Kier alpha value is -1.50. The second-order valence-electron chi connectivity index (χ2n) is 2.06. The molecule has 0 aromatic carbocycles. The van der Waals surface area contributed by atoms with Gasteiger partial charge in [0, 0.05) is 0 Å². The van der Waals surface area contributed by atoms with Gasteiger partial charge in [-0.05, 0) is 6.42 Å². The summed E-state index contributed by atoms with van der Waals surface area (Å²) in [6.07, 6.45) is 5.42. The van der Waals surface area contributed by atoms with Gasteiger partial charge in [-0.25, -0.2) is 19.6 Å². The van der Waals surface area contributed by atoms with Crippen LogP contribution in [0.3, 0.4) is 0 Å². The Morgan fingerprint density at radius 1 is 1.33 bits per heavy atom. The lowest BCUT2D eigenvalue weighted by atomic mass is 10.2. The Balaban J connectivity index is 4.02. The highest BCUT2D eigenvalue weighted by atomic mass is 16.1. The fraction of sp³-hybridized carbons (Fsp3) is 0.500. The van der Waals surface area contributed by atoms with E-state index in [0.29, 0.717) is 13.1 Å². The lowest BCUT2D eigenvalue weighted by molar-refractivity contribution is 0.562. The molecule has 0 aromatic heterocycles. The number of isocyanates is 2. The summed E-state index contributed by atoms with van der Waals surface area (Å²) in [5, 5.41) is 0. The highest BCUT2D eigenvalue weighted by Crippen LogP contribution is 1.99. The quantitative estimate of drug-likeness (QED) is 0.347. The molecule has 0 saturated heterocycles. The minimum Gasteiger partial charge on any atom is -0.211 e. The van der Waals surface area contributed by atoms with E-state index in [1.807, 2.05) is 6.92 Å². The molecule has 0 bridgehead atoms. The molecule has 0 N–H and O–H groups in total. The molecule has 0 heterocycles. The van der Waals surface area contributed by atoms with Crippen LogP contribution in [0, 0.1) is 0 Å². The summed E-state index contributed by atoms with van der Waals surface area (Å²) in [5.41, 5.74) is 0.970. The third kappa shape index (κ3) is 5.30. The van der Waals surface area contributed by atoms with Crippen LogP contribution in [0.2, 0.25) is 0 Å². The first-order valence-corrected chi connectivity index (χ1v) is 3.60. The highest BCUT2D eigenvalue weighted by molar-refractivity contribution is 5.34. The maximum atomic E-state index is 9.75. The summed E-state index contributed by atoms with van der Waals surface area (Å²) in [4.78, 5) is 26.2. The highest BCUT2D eigenvalue weighted by Gasteiger charge is 1.90. The van der Waals surface area contributed by atoms with Gasteiger partial charge >= 0.3 is 0 Å². The molecule has 0 aliphatic heterocycles. The van der Waals surface area contributed by atoms with Crippen LogP contribution in [0.15, 0.2) is 21.6 Å². The number of aliphatic imine (C=N–C) groups is 2. The largest absolute Gasteiger partial charge is 0.235 e. The molecular formula is C8H10N2O2. The molecule has 0 spiro atoms. The van der Waals surface area contributed by atoms with Crippen molar-refractivity contribution in [2.24, 2.45) is 9.98 Å². The number of nitrogens with zero attached hydrogens (tertiary/aromatic N) is 2. The molecule has 0 unspecified atom stereocenters. The first-order valence-electron chi connectivity index (χ1n) is 3.60. The fourth-order valence-corrected chi connectivity index (χ4v) is 0.667. The Morgan fingerprint density at radius 3 is 2.50 bits per heavy atom. The SMILES string of the molecule is CCC(=CCN=C=O)CN=C=O. The van der Waals surface area contributed by atoms with Crippen molar-refractivity contribution < 1.29 is 9.59 Å². The van der Waals surface area contributed by atoms with Gasteiger partial charge in [0.25, 0.3) is 0 Å². The predicted molar refractivity (Wildman–Crippen MR) is 44.4 cm³/mol. The summed E-state index contributed by atoms with van der Waals surface area (Å²) in [5.74, 6) is 0. The summed E-state index contributed by atoms with van der Waals surface area (Å²) in [7, 11) is 0. The topological polar surface area (TPSA) is 58.9 Å². The number of carbonyl (C=O) groups excluding carboxylic acids is 2. The minimum absolute atomic E-state index is 0.307. The molecule has 12 heavy (non-hydrogen) atoms. The summed E-state index contributed by atoms with van der Waals surface area (Å²) >= 11 is 0. The molecule has 64 valence electrons. The molecule has 0 aromatic rings. The van der Waals surface area contributed by atoms with Crippen LogP contribution >= 0.6 is 0 Å². The molecule has 4 nitrogen and oxygen atoms in total. The fourth-order valence-electron chi connectivity index (χ4n) is 0.667. The van der Waals surface area contributed by atoms with E-state index >= 15 is 0 Å². The van der Waals surface area contributed by atoms with E-state index in [4.69, 9.17) is 0 Å². The van der Waals surface area contributed by atoms with E-state index in [1.54, 1.807) is 6.08 Å². The third-order valence-corrected chi connectivity index (χ3v) is 1.34. The van der Waals surface area contributed by atoms with Gasteiger partial charge in [-0.3, -0.25) is 0 Å². The summed E-state index contributed by atoms with van der Waals surface area (Å²) in [6, 6.07) is 0. The Labute approximate surface area is 70.7 Å². The zero-order valence-corrected chi connectivity index (χ0v) is 6.91. The lowest BCUT2D eigenvalue weighted by Gasteiger charge is -1.95. The zero-order valence-electron chi connectivity index (χ0n) is 6.91. The average Bonchev–Trinajstić information content (AvgIpc) is 2.11. The second-order valence-corrected chi connectivity index (χ2v) is 2.06. The van der Waals surface area contributed by atoms with Crippen molar-refractivity contribution in [3.05, 3.63) is 11.6 Å². The third-order valence-electron chi connectivity index (χ3n) is 1.34. The van der Waals surface area contributed by atoms with E-state index in [0.717, 1.165) is 12.0 Å². The number of rotatable bonds is 5. The maximum absolute atomic E-state index is 9.75. The van der Waals surface area contributed by atoms with Crippen LogP contribution < -0.4 is 0 Å². The van der Waals surface area contributed by atoms with Gasteiger partial charge in [0.15, 0.2) is 0 Å². The second kappa shape index (κ2) is 7.61. The molecule has 0 amide bonds. The molecular weight excluding hydrogens is 156 g/mol. The first-order chi connectivity index (χ1) is 5.85. The van der Waals surface area contributed by atoms with E-state index in [2.05, 4.69) is 9.98 Å².